The van der Waals surface area contributed by atoms with Crippen molar-refractivity contribution in [2.45, 2.75) is 12.0 Å². The summed E-state index contributed by atoms with van der Waals surface area (Å²) in [5, 5.41) is 11.2. The van der Waals surface area contributed by atoms with Crippen molar-refractivity contribution in [2.24, 2.45) is 0 Å². The van der Waals surface area contributed by atoms with Crippen molar-refractivity contribution >= 4 is 0 Å². The van der Waals surface area contributed by atoms with Crippen LogP contribution >= 0.6 is 0 Å². The van der Waals surface area contributed by atoms with Gasteiger partial charge in [0.15, 0.2) is 0 Å². The van der Waals surface area contributed by atoms with Gasteiger partial charge in [-0.25, -0.2) is 0 Å². The number of rotatable bonds is 5. The number of hydrogen-bond acceptors (Lipinski definition) is 1. The third-order valence-corrected chi connectivity index (χ3v) is 4.16. The van der Waals surface area contributed by atoms with Crippen molar-refractivity contribution in [3.05, 3.63) is 109 Å². The van der Waals surface area contributed by atoms with Crippen molar-refractivity contribution in [3.63, 3.8) is 0 Å². The van der Waals surface area contributed by atoms with E-state index in [0.29, 0.717) is 6.42 Å². The summed E-state index contributed by atoms with van der Waals surface area (Å²) in [7, 11) is 0. The molecule has 0 radical (unpaired) electrons. The molecule has 0 aromatic heterocycles. The molecule has 0 bridgehead atoms. The first-order chi connectivity index (χ1) is 11.2. The Hall–Kier alpha value is -2.64. The van der Waals surface area contributed by atoms with Gasteiger partial charge in [0.2, 0.25) is 0 Å². The zero-order valence-electron chi connectivity index (χ0n) is 13.0. The molecular formula is C22H20O. The molecule has 0 spiro atoms. The zero-order chi connectivity index (χ0) is 16.1. The molecule has 1 heteroatoms. The molecule has 3 aromatic rings. The molecule has 0 saturated carbocycles. The van der Waals surface area contributed by atoms with Gasteiger partial charge in [0.1, 0.15) is 5.60 Å². The predicted octanol–water partition coefficient (Wildman–Crippen LogP) is 5.17. The van der Waals surface area contributed by atoms with Crippen molar-refractivity contribution < 1.29 is 5.11 Å². The van der Waals surface area contributed by atoms with Gasteiger partial charge in [-0.15, -0.1) is 6.58 Å². The van der Waals surface area contributed by atoms with Crippen LogP contribution < -0.4 is 0 Å². The molecule has 114 valence electrons. The Morgan fingerprint density at radius 1 is 0.696 bits per heavy atom. The SMILES string of the molecule is C=CCC(O)(c1ccccc1)c1ccc(-c2ccccc2)cc1. The molecule has 1 unspecified atom stereocenters. The lowest BCUT2D eigenvalue weighted by atomic mass is 9.83. The maximum Gasteiger partial charge on any atom is 0.118 e. The minimum atomic E-state index is -1.04. The molecule has 0 amide bonds. The van der Waals surface area contributed by atoms with E-state index in [1.807, 2.05) is 60.7 Å². The van der Waals surface area contributed by atoms with Gasteiger partial charge < -0.3 is 5.11 Å². The highest BCUT2D eigenvalue weighted by Crippen LogP contribution is 2.34. The fraction of sp³-hybridized carbons (Fsp3) is 0.0909. The van der Waals surface area contributed by atoms with E-state index < -0.39 is 5.60 Å². The van der Waals surface area contributed by atoms with Gasteiger partial charge >= 0.3 is 0 Å². The number of benzene rings is 3. The summed E-state index contributed by atoms with van der Waals surface area (Å²) < 4.78 is 0. The first-order valence-corrected chi connectivity index (χ1v) is 7.79. The molecule has 0 aliphatic carbocycles. The molecule has 3 aromatic carbocycles. The van der Waals surface area contributed by atoms with Gasteiger partial charge in [0.25, 0.3) is 0 Å². The average molecular weight is 300 g/mol. The fourth-order valence-electron chi connectivity index (χ4n) is 2.89. The first kappa shape index (κ1) is 15.3. The minimum absolute atomic E-state index is 0.474. The van der Waals surface area contributed by atoms with Crippen LogP contribution in [0.3, 0.4) is 0 Å². The molecule has 0 fully saturated rings. The molecule has 0 aliphatic heterocycles. The summed E-state index contributed by atoms with van der Waals surface area (Å²) >= 11 is 0. The summed E-state index contributed by atoms with van der Waals surface area (Å²) in [4.78, 5) is 0. The van der Waals surface area contributed by atoms with Gasteiger partial charge in [0, 0.05) is 6.42 Å². The Kier molecular flexibility index (Phi) is 4.40. The molecule has 0 saturated heterocycles. The normalized spacial score (nSPS) is 13.3. The summed E-state index contributed by atoms with van der Waals surface area (Å²) in [5.74, 6) is 0. The van der Waals surface area contributed by atoms with Crippen molar-refractivity contribution in [3.8, 4) is 11.1 Å². The van der Waals surface area contributed by atoms with Gasteiger partial charge in [0.05, 0.1) is 0 Å². The van der Waals surface area contributed by atoms with Crippen LogP contribution in [0.15, 0.2) is 97.6 Å². The third-order valence-electron chi connectivity index (χ3n) is 4.16. The van der Waals surface area contributed by atoms with Crippen LogP contribution in [0.4, 0.5) is 0 Å². The van der Waals surface area contributed by atoms with Gasteiger partial charge in [-0.2, -0.15) is 0 Å². The second kappa shape index (κ2) is 6.64. The van der Waals surface area contributed by atoms with E-state index in [-0.39, 0.29) is 0 Å². The summed E-state index contributed by atoms with van der Waals surface area (Å²) in [5.41, 5.74) is 3.03. The Morgan fingerprint density at radius 3 is 1.74 bits per heavy atom. The predicted molar refractivity (Wildman–Crippen MR) is 96.1 cm³/mol. The second-order valence-corrected chi connectivity index (χ2v) is 5.66. The van der Waals surface area contributed by atoms with Crippen LogP contribution in [0.2, 0.25) is 0 Å². The lowest BCUT2D eigenvalue weighted by Gasteiger charge is -2.28. The second-order valence-electron chi connectivity index (χ2n) is 5.66. The Labute approximate surface area is 137 Å². The third kappa shape index (κ3) is 3.10. The fourth-order valence-corrected chi connectivity index (χ4v) is 2.89. The van der Waals surface area contributed by atoms with Crippen LogP contribution in [0.5, 0.6) is 0 Å². The van der Waals surface area contributed by atoms with Crippen LogP contribution in [-0.4, -0.2) is 5.11 Å². The highest BCUT2D eigenvalue weighted by molar-refractivity contribution is 5.63. The van der Waals surface area contributed by atoms with E-state index in [1.54, 1.807) is 6.08 Å². The quantitative estimate of drug-likeness (QED) is 0.645. The molecule has 3 rings (SSSR count). The maximum atomic E-state index is 11.2. The lowest BCUT2D eigenvalue weighted by Crippen LogP contribution is -2.26. The Balaban J connectivity index is 2.00. The number of hydrogen-bond donors (Lipinski definition) is 1. The average Bonchev–Trinajstić information content (AvgIpc) is 2.63. The molecule has 1 nitrogen and oxygen atoms in total. The van der Waals surface area contributed by atoms with Crippen LogP contribution in [-0.2, 0) is 5.60 Å². The van der Waals surface area contributed by atoms with E-state index in [4.69, 9.17) is 0 Å². The summed E-state index contributed by atoms with van der Waals surface area (Å²) in [6, 6.07) is 28.1. The molecular weight excluding hydrogens is 280 g/mol. The van der Waals surface area contributed by atoms with E-state index >= 15 is 0 Å². The van der Waals surface area contributed by atoms with Crippen molar-refractivity contribution in [2.75, 3.05) is 0 Å². The van der Waals surface area contributed by atoms with Crippen LogP contribution in [0.25, 0.3) is 11.1 Å². The Morgan fingerprint density at radius 2 is 1.17 bits per heavy atom. The topological polar surface area (TPSA) is 20.2 Å². The lowest BCUT2D eigenvalue weighted by molar-refractivity contribution is 0.0842. The molecule has 1 atom stereocenters. The Bertz CT molecular complexity index is 760. The van der Waals surface area contributed by atoms with Gasteiger partial charge in [-0.1, -0.05) is 91.0 Å². The first-order valence-electron chi connectivity index (χ1n) is 7.79. The van der Waals surface area contributed by atoms with E-state index in [9.17, 15) is 5.11 Å². The molecule has 23 heavy (non-hydrogen) atoms. The summed E-state index contributed by atoms with van der Waals surface area (Å²) in [6.07, 6.45) is 2.24. The largest absolute Gasteiger partial charge is 0.380 e. The highest BCUT2D eigenvalue weighted by atomic mass is 16.3. The molecule has 1 N–H and O–H groups in total. The van der Waals surface area contributed by atoms with Crippen LogP contribution in [0, 0.1) is 0 Å². The van der Waals surface area contributed by atoms with Crippen molar-refractivity contribution in [1.82, 2.24) is 0 Å². The monoisotopic (exact) mass is 300 g/mol. The van der Waals surface area contributed by atoms with E-state index in [2.05, 4.69) is 30.8 Å². The van der Waals surface area contributed by atoms with Gasteiger partial charge in [-0.05, 0) is 22.3 Å². The standard InChI is InChI=1S/C22H20O/c1-2-17-22(23,20-11-7-4-8-12-20)21-15-13-19(14-16-21)18-9-5-3-6-10-18/h2-16,23H,1,17H2. The van der Waals surface area contributed by atoms with Gasteiger partial charge in [-0.3, -0.25) is 0 Å². The summed E-state index contributed by atoms with van der Waals surface area (Å²) in [6.45, 7) is 3.80. The molecule has 0 aliphatic rings. The maximum absolute atomic E-state index is 11.2. The zero-order valence-corrected chi connectivity index (χ0v) is 13.0. The minimum Gasteiger partial charge on any atom is -0.380 e. The van der Waals surface area contributed by atoms with Crippen molar-refractivity contribution in [1.29, 1.82) is 0 Å². The van der Waals surface area contributed by atoms with Crippen LogP contribution in [0.1, 0.15) is 17.5 Å². The highest BCUT2D eigenvalue weighted by Gasteiger charge is 2.29. The van der Waals surface area contributed by atoms with E-state index in [1.165, 1.54) is 5.56 Å². The van der Waals surface area contributed by atoms with E-state index in [0.717, 1.165) is 16.7 Å². The molecule has 0 heterocycles. The smallest absolute Gasteiger partial charge is 0.118 e. The number of aliphatic hydroxyl groups is 1.